The number of nitrogens with zero attached hydrogens (tertiary/aromatic N) is 3. The summed E-state index contributed by atoms with van der Waals surface area (Å²) < 4.78 is 35.8. The van der Waals surface area contributed by atoms with Crippen molar-refractivity contribution in [1.82, 2.24) is 14.8 Å². The van der Waals surface area contributed by atoms with Gasteiger partial charge in [-0.1, -0.05) is 35.0 Å². The van der Waals surface area contributed by atoms with Crippen LogP contribution in [0.3, 0.4) is 0 Å². The first kappa shape index (κ1) is 18.5. The Morgan fingerprint density at radius 2 is 1.96 bits per heavy atom. The molecule has 0 aliphatic rings. The van der Waals surface area contributed by atoms with Crippen LogP contribution in [-0.4, -0.2) is 37.4 Å². The van der Waals surface area contributed by atoms with Crippen LogP contribution in [0.15, 0.2) is 45.8 Å². The highest BCUT2D eigenvalue weighted by Crippen LogP contribution is 2.31. The highest BCUT2D eigenvalue weighted by molar-refractivity contribution is 7.88. The summed E-state index contributed by atoms with van der Waals surface area (Å²) in [7, 11) is -1.40. The minimum absolute atomic E-state index is 0.0119. The summed E-state index contributed by atoms with van der Waals surface area (Å²) in [5, 5.41) is 4.42. The van der Waals surface area contributed by atoms with Crippen molar-refractivity contribution in [3.05, 3.63) is 47.2 Å². The largest absolute Gasteiger partial charge is 0.496 e. The van der Waals surface area contributed by atoms with Crippen molar-refractivity contribution >= 4 is 32.7 Å². The van der Waals surface area contributed by atoms with Crippen LogP contribution in [-0.2, 0) is 26.3 Å². The smallest absolute Gasteiger partial charge is 0.288 e. The molecule has 11 heteroatoms. The number of pyridine rings is 1. The van der Waals surface area contributed by atoms with E-state index < -0.39 is 10.0 Å². The van der Waals surface area contributed by atoms with Crippen molar-refractivity contribution in [2.24, 2.45) is 0 Å². The van der Waals surface area contributed by atoms with Crippen LogP contribution in [0, 0.1) is 0 Å². The average Bonchev–Trinajstić information content (AvgIpc) is 3.05. The summed E-state index contributed by atoms with van der Waals surface area (Å²) in [5.41, 5.74) is 0.411. The lowest BCUT2D eigenvalue weighted by Gasteiger charge is -2.17. The molecule has 0 radical (unpaired) electrons. The van der Waals surface area contributed by atoms with Crippen LogP contribution in [0.4, 0.5) is 0 Å². The molecule has 0 fully saturated rings. The van der Waals surface area contributed by atoms with Gasteiger partial charge in [0.1, 0.15) is 28.6 Å². The lowest BCUT2D eigenvalue weighted by molar-refractivity contribution is -0.294. The van der Waals surface area contributed by atoms with Gasteiger partial charge in [-0.15, -0.1) is 0 Å². The lowest BCUT2D eigenvalue weighted by atomic mass is 10.2. The number of hydrogen-bond donors (Lipinski definition) is 0. The predicted octanol–water partition coefficient (Wildman–Crippen LogP) is 2.57. The van der Waals surface area contributed by atoms with E-state index >= 15 is 0 Å². The highest BCUT2D eigenvalue weighted by Gasteiger charge is 2.27. The first-order chi connectivity index (χ1) is 12.5. The van der Waals surface area contributed by atoms with Gasteiger partial charge in [-0.2, -0.15) is 4.98 Å². The zero-order valence-electron chi connectivity index (χ0n) is 13.7. The second kappa shape index (κ2) is 7.56. The maximum absolute atomic E-state index is 12.5. The van der Waals surface area contributed by atoms with Crippen molar-refractivity contribution < 1.29 is 27.4 Å². The monoisotopic (exact) mass is 399 g/mol. The summed E-state index contributed by atoms with van der Waals surface area (Å²) in [6, 6.07) is 9.21. The fraction of sp³-hybridized carbons (Fsp3) is 0.200. The van der Waals surface area contributed by atoms with Crippen LogP contribution in [0.2, 0.25) is 5.15 Å². The fourth-order valence-electron chi connectivity index (χ4n) is 2.22. The van der Waals surface area contributed by atoms with E-state index in [0.29, 0.717) is 15.8 Å². The van der Waals surface area contributed by atoms with E-state index in [1.807, 2.05) is 0 Å². The zero-order valence-corrected chi connectivity index (χ0v) is 15.3. The molecule has 26 heavy (non-hydrogen) atoms. The highest BCUT2D eigenvalue weighted by atomic mass is 35.5. The molecule has 0 N–H and O–H groups in total. The molecule has 0 aliphatic carbocycles. The maximum Gasteiger partial charge on any atom is 0.288 e. The molecule has 138 valence electrons. The molecule has 3 aromatic rings. The molecule has 0 saturated carbocycles. The standard InChI is InChI=1S/C15H14ClN3O6S/c1-22-12-8-13(16)17-15-14(12)11(18-25-15)9-24-19(23-2)26(20,21)10-6-4-3-5-7-10/h3-8H,9H2,1-2H3. The quantitative estimate of drug-likeness (QED) is 0.441. The van der Waals surface area contributed by atoms with Crippen molar-refractivity contribution in [2.45, 2.75) is 11.5 Å². The molecular formula is C15H14ClN3O6S. The van der Waals surface area contributed by atoms with Crippen molar-refractivity contribution in [1.29, 1.82) is 0 Å². The Bertz CT molecular complexity index is 1010. The van der Waals surface area contributed by atoms with E-state index in [4.69, 9.17) is 30.5 Å². The number of fused-ring (bicyclic) bond motifs is 1. The van der Waals surface area contributed by atoms with Gasteiger partial charge in [-0.3, -0.25) is 9.68 Å². The van der Waals surface area contributed by atoms with Gasteiger partial charge in [0.05, 0.1) is 23.7 Å². The second-order valence-electron chi connectivity index (χ2n) is 4.92. The number of ether oxygens (including phenoxy) is 1. The Hall–Kier alpha value is -2.24. The van der Waals surface area contributed by atoms with Crippen LogP contribution in [0.25, 0.3) is 11.1 Å². The van der Waals surface area contributed by atoms with E-state index in [0.717, 1.165) is 0 Å². The second-order valence-corrected chi connectivity index (χ2v) is 7.03. The molecule has 0 aliphatic heterocycles. The van der Waals surface area contributed by atoms with E-state index in [2.05, 4.69) is 10.1 Å². The molecule has 2 aromatic heterocycles. The van der Waals surface area contributed by atoms with Gasteiger partial charge in [0.15, 0.2) is 0 Å². The number of sulfonamides is 1. The molecular weight excluding hydrogens is 386 g/mol. The number of hydrogen-bond acceptors (Lipinski definition) is 8. The van der Waals surface area contributed by atoms with E-state index in [1.165, 1.54) is 32.4 Å². The first-order valence-corrected chi connectivity index (χ1v) is 9.05. The molecule has 1 aromatic carbocycles. The van der Waals surface area contributed by atoms with Crippen molar-refractivity contribution in [2.75, 3.05) is 14.2 Å². The van der Waals surface area contributed by atoms with Crippen LogP contribution in [0.5, 0.6) is 5.75 Å². The number of benzene rings is 1. The van der Waals surface area contributed by atoms with Gasteiger partial charge in [-0.05, 0) is 12.1 Å². The van der Waals surface area contributed by atoms with Crippen LogP contribution in [0.1, 0.15) is 5.69 Å². The SMILES string of the molecule is COc1cc(Cl)nc2onc(CON(OC)S(=O)(=O)c3ccccc3)c12. The molecule has 0 saturated heterocycles. The third-order valence-corrected chi connectivity index (χ3v) is 5.07. The zero-order chi connectivity index (χ0) is 18.7. The fourth-order valence-corrected chi connectivity index (χ4v) is 3.46. The van der Waals surface area contributed by atoms with E-state index in [1.54, 1.807) is 18.2 Å². The summed E-state index contributed by atoms with van der Waals surface area (Å²) >= 11 is 5.87. The van der Waals surface area contributed by atoms with Gasteiger partial charge >= 0.3 is 0 Å². The Labute approximate surface area is 154 Å². The summed E-state index contributed by atoms with van der Waals surface area (Å²) in [5.74, 6) is 0.370. The average molecular weight is 400 g/mol. The number of aromatic nitrogens is 2. The molecule has 0 amide bonds. The van der Waals surface area contributed by atoms with Crippen LogP contribution < -0.4 is 4.74 Å². The Morgan fingerprint density at radius 3 is 2.62 bits per heavy atom. The topological polar surface area (TPSA) is 104 Å². The Kier molecular flexibility index (Phi) is 5.39. The Morgan fingerprint density at radius 1 is 1.23 bits per heavy atom. The summed E-state index contributed by atoms with van der Waals surface area (Å²) in [4.78, 5) is 14.1. The third-order valence-electron chi connectivity index (χ3n) is 3.36. The lowest BCUT2D eigenvalue weighted by Crippen LogP contribution is -2.30. The number of methoxy groups -OCH3 is 1. The third kappa shape index (κ3) is 3.50. The molecule has 3 rings (SSSR count). The van der Waals surface area contributed by atoms with Crippen molar-refractivity contribution in [3.63, 3.8) is 0 Å². The molecule has 0 spiro atoms. The Balaban J connectivity index is 1.87. The molecule has 0 unspecified atom stereocenters. The van der Waals surface area contributed by atoms with Gasteiger partial charge in [-0.25, -0.2) is 8.42 Å². The minimum Gasteiger partial charge on any atom is -0.496 e. The predicted molar refractivity (Wildman–Crippen MR) is 90.6 cm³/mol. The number of rotatable bonds is 7. The molecule has 2 heterocycles. The minimum atomic E-state index is -4.02. The molecule has 0 atom stereocenters. The summed E-state index contributed by atoms with van der Waals surface area (Å²) in [6.45, 7) is -0.271. The van der Waals surface area contributed by atoms with Crippen molar-refractivity contribution in [3.8, 4) is 5.75 Å². The maximum atomic E-state index is 12.5. The van der Waals surface area contributed by atoms with Gasteiger partial charge < -0.3 is 9.26 Å². The molecule has 9 nitrogen and oxygen atoms in total. The van der Waals surface area contributed by atoms with Gasteiger partial charge in [0.2, 0.25) is 0 Å². The molecule has 0 bridgehead atoms. The number of halogens is 1. The van der Waals surface area contributed by atoms with Gasteiger partial charge in [0.25, 0.3) is 15.7 Å². The summed E-state index contributed by atoms with van der Waals surface area (Å²) in [6.07, 6.45) is 0. The van der Waals surface area contributed by atoms with Gasteiger partial charge in [0, 0.05) is 6.07 Å². The van der Waals surface area contributed by atoms with E-state index in [-0.39, 0.29) is 28.1 Å². The normalized spacial score (nSPS) is 12.0. The first-order valence-electron chi connectivity index (χ1n) is 7.23. The van der Waals surface area contributed by atoms with E-state index in [9.17, 15) is 8.42 Å². The van der Waals surface area contributed by atoms with Crippen LogP contribution >= 0.6 is 11.6 Å².